The number of ether oxygens (including phenoxy) is 1. The van der Waals surface area contributed by atoms with Gasteiger partial charge in [0.1, 0.15) is 0 Å². The molecule has 0 fully saturated rings. The highest BCUT2D eigenvalue weighted by Crippen LogP contribution is 2.50. The number of benzene rings is 1. The summed E-state index contributed by atoms with van der Waals surface area (Å²) in [4.78, 5) is 11.2. The highest BCUT2D eigenvalue weighted by atomic mass is 79.9. The summed E-state index contributed by atoms with van der Waals surface area (Å²) in [5.41, 5.74) is -6.25. The number of alkyl halides is 7. The van der Waals surface area contributed by atoms with Crippen LogP contribution in [-0.2, 0) is 15.1 Å². The van der Waals surface area contributed by atoms with Crippen LogP contribution in [-0.4, -0.2) is 35.4 Å². The second-order valence-electron chi connectivity index (χ2n) is 5.01. The number of methoxy groups -OCH3 is 1. The SMILES string of the molecule is COC(=O)C(c1ccc(C(O)(C(F)(F)F)C(F)(F)F)cc1)C(C)Br. The maximum atomic E-state index is 12.8. The van der Waals surface area contributed by atoms with Crippen molar-refractivity contribution in [2.24, 2.45) is 0 Å². The lowest BCUT2D eigenvalue weighted by Crippen LogP contribution is -2.53. The average Bonchev–Trinajstić information content (AvgIpc) is 2.44. The zero-order valence-electron chi connectivity index (χ0n) is 12.4. The first-order valence-corrected chi connectivity index (χ1v) is 7.37. The molecule has 24 heavy (non-hydrogen) atoms. The van der Waals surface area contributed by atoms with Crippen molar-refractivity contribution >= 4 is 21.9 Å². The fourth-order valence-corrected chi connectivity index (χ4v) is 2.66. The molecule has 0 saturated heterocycles. The van der Waals surface area contributed by atoms with Gasteiger partial charge in [0.2, 0.25) is 0 Å². The molecule has 1 N–H and O–H groups in total. The summed E-state index contributed by atoms with van der Waals surface area (Å²) in [6.45, 7) is 1.57. The molecule has 136 valence electrons. The van der Waals surface area contributed by atoms with E-state index in [4.69, 9.17) is 0 Å². The van der Waals surface area contributed by atoms with E-state index in [2.05, 4.69) is 20.7 Å². The van der Waals surface area contributed by atoms with Gasteiger partial charge in [-0.3, -0.25) is 4.79 Å². The van der Waals surface area contributed by atoms with Crippen LogP contribution >= 0.6 is 15.9 Å². The van der Waals surface area contributed by atoms with Gasteiger partial charge in [-0.1, -0.05) is 47.1 Å². The van der Waals surface area contributed by atoms with Crippen LogP contribution in [0, 0.1) is 0 Å². The molecule has 1 aromatic carbocycles. The van der Waals surface area contributed by atoms with Gasteiger partial charge >= 0.3 is 18.3 Å². The Morgan fingerprint density at radius 3 is 1.79 bits per heavy atom. The zero-order valence-corrected chi connectivity index (χ0v) is 14.0. The summed E-state index contributed by atoms with van der Waals surface area (Å²) >= 11 is 3.13. The molecule has 0 radical (unpaired) electrons. The van der Waals surface area contributed by atoms with Crippen LogP contribution in [0.3, 0.4) is 0 Å². The summed E-state index contributed by atoms with van der Waals surface area (Å²) in [6, 6.07) is 2.80. The van der Waals surface area contributed by atoms with Crippen LogP contribution in [0.4, 0.5) is 26.3 Å². The molecule has 1 aromatic rings. The van der Waals surface area contributed by atoms with Crippen molar-refractivity contribution in [1.29, 1.82) is 0 Å². The molecule has 1 rings (SSSR count). The van der Waals surface area contributed by atoms with E-state index in [0.29, 0.717) is 12.1 Å². The van der Waals surface area contributed by atoms with Gasteiger partial charge in [-0.15, -0.1) is 0 Å². The maximum absolute atomic E-state index is 12.8. The van der Waals surface area contributed by atoms with Crippen molar-refractivity contribution in [2.45, 2.75) is 35.6 Å². The molecule has 0 aliphatic carbocycles. The van der Waals surface area contributed by atoms with Crippen molar-refractivity contribution in [2.75, 3.05) is 7.11 Å². The lowest BCUT2D eigenvalue weighted by atomic mass is 9.89. The molecule has 0 bridgehead atoms. The molecule has 0 saturated carbocycles. The summed E-state index contributed by atoms with van der Waals surface area (Å²) in [6.07, 6.45) is -11.9. The minimum Gasteiger partial charge on any atom is -0.469 e. The normalized spacial score (nSPS) is 15.8. The minimum atomic E-state index is -5.96. The van der Waals surface area contributed by atoms with Crippen LogP contribution in [0.2, 0.25) is 0 Å². The Labute approximate surface area is 141 Å². The van der Waals surface area contributed by atoms with E-state index in [1.54, 1.807) is 6.92 Å². The number of hydrogen-bond donors (Lipinski definition) is 1. The second kappa shape index (κ2) is 6.91. The van der Waals surface area contributed by atoms with E-state index < -0.39 is 40.2 Å². The van der Waals surface area contributed by atoms with Gasteiger partial charge in [-0.25, -0.2) is 0 Å². The second-order valence-corrected chi connectivity index (χ2v) is 6.45. The minimum absolute atomic E-state index is 0.140. The molecule has 0 aliphatic rings. The van der Waals surface area contributed by atoms with Gasteiger partial charge in [-0.2, -0.15) is 26.3 Å². The Bertz CT molecular complexity index is 566. The third-order valence-electron chi connectivity index (χ3n) is 3.42. The molecule has 3 nitrogen and oxygen atoms in total. The molecule has 2 atom stereocenters. The van der Waals surface area contributed by atoms with Crippen molar-refractivity contribution < 1.29 is 41.0 Å². The molecule has 0 heterocycles. The van der Waals surface area contributed by atoms with Crippen molar-refractivity contribution in [3.8, 4) is 0 Å². The lowest BCUT2D eigenvalue weighted by molar-refractivity contribution is -0.376. The van der Waals surface area contributed by atoms with Gasteiger partial charge < -0.3 is 9.84 Å². The Balaban J connectivity index is 3.38. The average molecular weight is 423 g/mol. The number of rotatable bonds is 4. The topological polar surface area (TPSA) is 46.5 Å². The number of halogens is 7. The van der Waals surface area contributed by atoms with Gasteiger partial charge in [-0.05, 0) is 5.56 Å². The molecule has 0 spiro atoms. The Kier molecular flexibility index (Phi) is 5.98. The molecule has 0 amide bonds. The van der Waals surface area contributed by atoms with Crippen molar-refractivity contribution in [1.82, 2.24) is 0 Å². The molecule has 2 unspecified atom stereocenters. The predicted molar refractivity (Wildman–Crippen MR) is 75.6 cm³/mol. The largest absolute Gasteiger partial charge is 0.469 e. The van der Waals surface area contributed by atoms with E-state index in [1.165, 1.54) is 0 Å². The standard InChI is InChI=1S/C14H13BrF6O3/c1-7(15)10(11(22)24-2)8-3-5-9(6-4-8)12(23,13(16,17)18)14(19,20)21/h3-7,10,23H,1-2H3. The first-order valence-electron chi connectivity index (χ1n) is 6.45. The van der Waals surface area contributed by atoms with Gasteiger partial charge in [0.25, 0.3) is 5.60 Å². The predicted octanol–water partition coefficient (Wildman–Crippen LogP) is 4.04. The Hall–Kier alpha value is -1.29. The third kappa shape index (κ3) is 3.69. The van der Waals surface area contributed by atoms with E-state index in [-0.39, 0.29) is 5.56 Å². The van der Waals surface area contributed by atoms with Crippen LogP contribution < -0.4 is 0 Å². The summed E-state index contributed by atoms with van der Waals surface area (Å²) in [7, 11) is 1.10. The number of esters is 1. The monoisotopic (exact) mass is 422 g/mol. The Morgan fingerprint density at radius 1 is 1.08 bits per heavy atom. The van der Waals surface area contributed by atoms with Gasteiger partial charge in [0.05, 0.1) is 13.0 Å². The fourth-order valence-electron chi connectivity index (χ4n) is 2.14. The van der Waals surface area contributed by atoms with E-state index in [1.807, 2.05) is 0 Å². The summed E-state index contributed by atoms with van der Waals surface area (Å²) in [5, 5.41) is 9.30. The number of carbonyl (C=O) groups excluding carboxylic acids is 1. The fraction of sp³-hybridized carbons (Fsp3) is 0.500. The number of aliphatic hydroxyl groups is 1. The number of carbonyl (C=O) groups is 1. The van der Waals surface area contributed by atoms with Crippen molar-refractivity contribution in [3.05, 3.63) is 35.4 Å². The van der Waals surface area contributed by atoms with Gasteiger partial charge in [0, 0.05) is 10.4 Å². The van der Waals surface area contributed by atoms with Crippen LogP contribution in [0.15, 0.2) is 24.3 Å². The first-order chi connectivity index (χ1) is 10.8. The first kappa shape index (κ1) is 20.8. The highest BCUT2D eigenvalue weighted by Gasteiger charge is 2.71. The summed E-state index contributed by atoms with van der Waals surface area (Å²) in [5.74, 6) is -1.65. The smallest absolute Gasteiger partial charge is 0.430 e. The highest BCUT2D eigenvalue weighted by molar-refractivity contribution is 9.09. The summed E-state index contributed by atoms with van der Waals surface area (Å²) < 4.78 is 81.4. The van der Waals surface area contributed by atoms with Crippen LogP contribution in [0.5, 0.6) is 0 Å². The third-order valence-corrected chi connectivity index (χ3v) is 3.95. The molecular formula is C14H13BrF6O3. The quantitative estimate of drug-likeness (QED) is 0.452. The van der Waals surface area contributed by atoms with Gasteiger partial charge in [0.15, 0.2) is 0 Å². The zero-order chi connectivity index (χ0) is 18.9. The van der Waals surface area contributed by atoms with Crippen LogP contribution in [0.1, 0.15) is 24.0 Å². The van der Waals surface area contributed by atoms with Crippen LogP contribution in [0.25, 0.3) is 0 Å². The molecule has 0 aliphatic heterocycles. The van der Waals surface area contributed by atoms with Crippen molar-refractivity contribution in [3.63, 3.8) is 0 Å². The van der Waals surface area contributed by atoms with E-state index in [0.717, 1.165) is 19.2 Å². The molecule has 10 heteroatoms. The van der Waals surface area contributed by atoms with E-state index in [9.17, 15) is 36.2 Å². The maximum Gasteiger partial charge on any atom is 0.430 e. The Morgan fingerprint density at radius 2 is 1.50 bits per heavy atom. The molecule has 0 aromatic heterocycles. The molecular weight excluding hydrogens is 410 g/mol. The van der Waals surface area contributed by atoms with E-state index >= 15 is 0 Å². The lowest BCUT2D eigenvalue weighted by Gasteiger charge is -2.32. The number of hydrogen-bond acceptors (Lipinski definition) is 3.